The van der Waals surface area contributed by atoms with Crippen molar-refractivity contribution in [1.29, 1.82) is 0 Å². The van der Waals surface area contributed by atoms with E-state index in [-0.39, 0.29) is 24.4 Å². The number of halogens is 1. The smallest absolute Gasteiger partial charge is 0.257 e. The maximum absolute atomic E-state index is 13.1. The average Bonchev–Trinajstić information content (AvgIpc) is 3.23. The summed E-state index contributed by atoms with van der Waals surface area (Å²) in [6.07, 6.45) is 1.70. The maximum Gasteiger partial charge on any atom is 0.257 e. The van der Waals surface area contributed by atoms with Gasteiger partial charge in [-0.1, -0.05) is 30.3 Å². The molecule has 0 radical (unpaired) electrons. The Morgan fingerprint density at radius 2 is 2.00 bits per heavy atom. The van der Waals surface area contributed by atoms with Crippen LogP contribution in [0.5, 0.6) is 0 Å². The quantitative estimate of drug-likeness (QED) is 0.906. The van der Waals surface area contributed by atoms with Crippen LogP contribution in [0.4, 0.5) is 0 Å². The molecule has 1 aromatic carbocycles. The maximum atomic E-state index is 13.1. The molecule has 0 aliphatic carbocycles. The minimum absolute atomic E-state index is 0. The van der Waals surface area contributed by atoms with E-state index in [2.05, 4.69) is 39.6 Å². The lowest BCUT2D eigenvalue weighted by molar-refractivity contribution is 0.0713. The van der Waals surface area contributed by atoms with Gasteiger partial charge in [-0.25, -0.2) is 0 Å². The topological polar surface area (TPSA) is 50.2 Å². The number of nitrogens with one attached hydrogen (secondary N) is 1. The highest BCUT2D eigenvalue weighted by Gasteiger charge is 2.47. The summed E-state index contributed by atoms with van der Waals surface area (Å²) in [5.41, 5.74) is 2.89. The first-order valence-corrected chi connectivity index (χ1v) is 8.22. The largest absolute Gasteiger partial charge is 0.331 e. The fourth-order valence-electron chi connectivity index (χ4n) is 4.07. The number of fused-ring (bicyclic) bond motifs is 1. The van der Waals surface area contributed by atoms with Crippen molar-refractivity contribution in [3.8, 4) is 0 Å². The second-order valence-electron chi connectivity index (χ2n) is 6.66. The molecule has 24 heavy (non-hydrogen) atoms. The van der Waals surface area contributed by atoms with Gasteiger partial charge in [0.25, 0.3) is 5.91 Å². The van der Waals surface area contributed by atoms with Crippen molar-refractivity contribution in [1.82, 2.24) is 20.0 Å². The second-order valence-corrected chi connectivity index (χ2v) is 6.66. The van der Waals surface area contributed by atoms with Gasteiger partial charge in [-0.2, -0.15) is 5.10 Å². The lowest BCUT2D eigenvalue weighted by Crippen LogP contribution is -2.34. The molecule has 3 atom stereocenters. The first-order chi connectivity index (χ1) is 11.2. The molecular formula is C18H23ClN4O. The van der Waals surface area contributed by atoms with Crippen LogP contribution in [-0.2, 0) is 7.05 Å². The summed E-state index contributed by atoms with van der Waals surface area (Å²) in [7, 11) is 1.88. The Morgan fingerprint density at radius 1 is 1.25 bits per heavy atom. The van der Waals surface area contributed by atoms with E-state index in [0.29, 0.717) is 11.8 Å². The number of nitrogens with zero attached hydrogens (tertiary/aromatic N) is 3. The first-order valence-electron chi connectivity index (χ1n) is 8.22. The van der Waals surface area contributed by atoms with E-state index in [0.717, 1.165) is 30.9 Å². The Hall–Kier alpha value is -1.85. The third kappa shape index (κ3) is 2.62. The number of benzene rings is 1. The van der Waals surface area contributed by atoms with E-state index in [1.807, 2.05) is 20.0 Å². The molecule has 2 aromatic rings. The van der Waals surface area contributed by atoms with Gasteiger partial charge in [0.1, 0.15) is 0 Å². The van der Waals surface area contributed by atoms with Crippen LogP contribution in [0.2, 0.25) is 0 Å². The molecule has 0 unspecified atom stereocenters. The molecule has 1 amide bonds. The summed E-state index contributed by atoms with van der Waals surface area (Å²) >= 11 is 0. The van der Waals surface area contributed by atoms with Crippen LogP contribution in [0.1, 0.15) is 27.7 Å². The van der Waals surface area contributed by atoms with Gasteiger partial charge in [-0.3, -0.25) is 9.48 Å². The fourth-order valence-corrected chi connectivity index (χ4v) is 4.07. The standard InChI is InChI=1S/C18H22N4O.ClH/c1-12-15(10-20-21(12)2)18(23)22-11-14-8-19-9-16(14)17(22)13-6-4-3-5-7-13;/h3-7,10,14,16-17,19H,8-9,11H2,1-2H3;1H/t14-,16-,17+;/m0./s1. The Kier molecular flexibility index (Phi) is 4.65. The van der Waals surface area contributed by atoms with Crippen LogP contribution in [0.25, 0.3) is 0 Å². The van der Waals surface area contributed by atoms with Crippen molar-refractivity contribution in [3.05, 3.63) is 53.3 Å². The minimum Gasteiger partial charge on any atom is -0.331 e. The fraction of sp³-hybridized carbons (Fsp3) is 0.444. The lowest BCUT2D eigenvalue weighted by atomic mass is 9.89. The molecule has 2 aliphatic rings. The number of rotatable bonds is 2. The molecule has 0 bridgehead atoms. The molecule has 3 heterocycles. The molecule has 5 nitrogen and oxygen atoms in total. The number of aromatic nitrogens is 2. The van der Waals surface area contributed by atoms with E-state index in [9.17, 15) is 4.79 Å². The summed E-state index contributed by atoms with van der Waals surface area (Å²) in [5, 5.41) is 7.72. The predicted molar refractivity (Wildman–Crippen MR) is 95.3 cm³/mol. The number of carbonyl (C=O) groups excluding carboxylic acids is 1. The van der Waals surface area contributed by atoms with E-state index < -0.39 is 0 Å². The van der Waals surface area contributed by atoms with Crippen molar-refractivity contribution in [2.75, 3.05) is 19.6 Å². The van der Waals surface area contributed by atoms with E-state index >= 15 is 0 Å². The molecule has 1 N–H and O–H groups in total. The molecule has 4 rings (SSSR count). The van der Waals surface area contributed by atoms with Gasteiger partial charge in [0, 0.05) is 38.3 Å². The molecule has 6 heteroatoms. The average molecular weight is 347 g/mol. The normalized spacial score (nSPS) is 25.4. The van der Waals surface area contributed by atoms with Crippen LogP contribution >= 0.6 is 12.4 Å². The Bertz CT molecular complexity index is 730. The predicted octanol–water partition coefficient (Wildman–Crippen LogP) is 2.18. The van der Waals surface area contributed by atoms with Crippen LogP contribution < -0.4 is 5.32 Å². The van der Waals surface area contributed by atoms with E-state index in [4.69, 9.17) is 0 Å². The van der Waals surface area contributed by atoms with Crippen molar-refractivity contribution in [3.63, 3.8) is 0 Å². The highest BCUT2D eigenvalue weighted by Crippen LogP contribution is 2.43. The van der Waals surface area contributed by atoms with Crippen molar-refractivity contribution < 1.29 is 4.79 Å². The third-order valence-corrected chi connectivity index (χ3v) is 5.43. The zero-order valence-corrected chi connectivity index (χ0v) is 14.8. The molecule has 0 saturated carbocycles. The Balaban J connectivity index is 0.00000169. The van der Waals surface area contributed by atoms with Gasteiger partial charge in [-0.15, -0.1) is 12.4 Å². The molecule has 1 aromatic heterocycles. The van der Waals surface area contributed by atoms with Crippen molar-refractivity contribution in [2.24, 2.45) is 18.9 Å². The minimum atomic E-state index is 0. The summed E-state index contributed by atoms with van der Waals surface area (Å²) in [6, 6.07) is 10.6. The van der Waals surface area contributed by atoms with Gasteiger partial charge >= 0.3 is 0 Å². The molecular weight excluding hydrogens is 324 g/mol. The van der Waals surface area contributed by atoms with Crippen LogP contribution in [0.15, 0.2) is 36.5 Å². The molecule has 2 saturated heterocycles. The zero-order chi connectivity index (χ0) is 16.0. The van der Waals surface area contributed by atoms with Crippen molar-refractivity contribution >= 4 is 18.3 Å². The Labute approximate surface area is 148 Å². The highest BCUT2D eigenvalue weighted by atomic mass is 35.5. The third-order valence-electron chi connectivity index (χ3n) is 5.43. The Morgan fingerprint density at radius 3 is 2.67 bits per heavy atom. The lowest BCUT2D eigenvalue weighted by Gasteiger charge is -2.28. The first kappa shape index (κ1) is 17.0. The monoisotopic (exact) mass is 346 g/mol. The number of carbonyl (C=O) groups is 1. The summed E-state index contributed by atoms with van der Waals surface area (Å²) in [6.45, 7) is 4.77. The van der Waals surface area contributed by atoms with Crippen LogP contribution in [0.3, 0.4) is 0 Å². The molecule has 128 valence electrons. The second kappa shape index (κ2) is 6.57. The number of hydrogen-bond acceptors (Lipinski definition) is 3. The molecule has 2 aliphatic heterocycles. The zero-order valence-electron chi connectivity index (χ0n) is 14.0. The van der Waals surface area contributed by atoms with Crippen LogP contribution in [-0.4, -0.2) is 40.2 Å². The van der Waals surface area contributed by atoms with Gasteiger partial charge in [0.2, 0.25) is 0 Å². The highest BCUT2D eigenvalue weighted by molar-refractivity contribution is 5.95. The molecule has 0 spiro atoms. The number of hydrogen-bond donors (Lipinski definition) is 1. The van der Waals surface area contributed by atoms with Gasteiger partial charge in [0.05, 0.1) is 17.8 Å². The SMILES string of the molecule is Cc1c(C(=O)N2C[C@@H]3CNC[C@@H]3[C@H]2c2ccccc2)cnn1C.Cl. The van der Waals surface area contributed by atoms with Gasteiger partial charge in [0.15, 0.2) is 0 Å². The van der Waals surface area contributed by atoms with Crippen molar-refractivity contribution in [2.45, 2.75) is 13.0 Å². The van der Waals surface area contributed by atoms with E-state index in [1.54, 1.807) is 10.9 Å². The number of amides is 1. The number of aryl methyl sites for hydroxylation is 1. The van der Waals surface area contributed by atoms with Gasteiger partial charge < -0.3 is 10.2 Å². The summed E-state index contributed by atoms with van der Waals surface area (Å²) in [5.74, 6) is 1.15. The van der Waals surface area contributed by atoms with E-state index in [1.165, 1.54) is 5.56 Å². The number of likely N-dealkylation sites (tertiary alicyclic amines) is 1. The summed E-state index contributed by atoms with van der Waals surface area (Å²) in [4.78, 5) is 15.2. The summed E-state index contributed by atoms with van der Waals surface area (Å²) < 4.78 is 1.77. The van der Waals surface area contributed by atoms with Gasteiger partial charge in [-0.05, 0) is 18.4 Å². The van der Waals surface area contributed by atoms with Crippen LogP contribution in [0, 0.1) is 18.8 Å². The molecule has 2 fully saturated rings.